The van der Waals surface area contributed by atoms with E-state index in [0.717, 1.165) is 0 Å². The van der Waals surface area contributed by atoms with Gasteiger partial charge in [-0.2, -0.15) is 38.7 Å². The molecule has 0 amide bonds. The molecule has 2 saturated carbocycles. The second-order valence-corrected chi connectivity index (χ2v) is 6.04. The molecule has 0 unspecified atom stereocenters. The Balaban J connectivity index is -0.0000000874. The molecule has 0 aromatic rings. The number of nitrogens with zero attached hydrogens (tertiary/aromatic N) is 2. The summed E-state index contributed by atoms with van der Waals surface area (Å²) in [5.41, 5.74) is 0. The van der Waals surface area contributed by atoms with Gasteiger partial charge in [0.05, 0.1) is 0 Å². The van der Waals surface area contributed by atoms with Crippen LogP contribution in [-0.4, -0.2) is 38.7 Å². The standard InChI is InChI=1S/2C5H10S.2C2H6N.Fe.Zr/c2*6-5-3-1-2-4-5;2*1-3-2;;/h2*5-6H,1-4H2;2*1-2H3;;/q;;2*-1;+2;+4/p-2. The zero-order valence-corrected chi connectivity index (χ0v) is 18.6. The van der Waals surface area contributed by atoms with Crippen molar-refractivity contribution in [3.05, 3.63) is 10.6 Å². The maximum atomic E-state index is 5.00. The van der Waals surface area contributed by atoms with Crippen molar-refractivity contribution in [2.75, 3.05) is 28.2 Å². The summed E-state index contributed by atoms with van der Waals surface area (Å²) < 4.78 is 0. The van der Waals surface area contributed by atoms with E-state index in [-0.39, 0.29) is 43.3 Å². The Labute approximate surface area is 168 Å². The van der Waals surface area contributed by atoms with Gasteiger partial charge in [-0.1, -0.05) is 51.4 Å². The molecule has 0 atom stereocenters. The van der Waals surface area contributed by atoms with Gasteiger partial charge in [0.25, 0.3) is 0 Å². The summed E-state index contributed by atoms with van der Waals surface area (Å²) in [6, 6.07) is 0. The second kappa shape index (κ2) is 25.9. The van der Waals surface area contributed by atoms with E-state index in [0.29, 0.717) is 10.5 Å². The predicted molar refractivity (Wildman–Crippen MR) is 89.7 cm³/mol. The van der Waals surface area contributed by atoms with Crippen LogP contribution < -0.4 is 0 Å². The zero-order chi connectivity index (χ0) is 14.2. The van der Waals surface area contributed by atoms with Gasteiger partial charge >= 0.3 is 43.3 Å². The molecule has 2 nitrogen and oxygen atoms in total. The van der Waals surface area contributed by atoms with Crippen molar-refractivity contribution in [2.24, 2.45) is 0 Å². The van der Waals surface area contributed by atoms with E-state index in [1.165, 1.54) is 51.4 Å². The fourth-order valence-corrected chi connectivity index (χ4v) is 2.44. The predicted octanol–water partition coefficient (Wildman–Crippen LogP) is 4.19. The van der Waals surface area contributed by atoms with E-state index in [2.05, 4.69) is 10.6 Å². The Morgan fingerprint density at radius 3 is 0.850 bits per heavy atom. The van der Waals surface area contributed by atoms with Crippen molar-refractivity contribution in [3.63, 3.8) is 0 Å². The molecule has 0 N–H and O–H groups in total. The Morgan fingerprint density at radius 2 is 0.800 bits per heavy atom. The topological polar surface area (TPSA) is 28.2 Å². The van der Waals surface area contributed by atoms with Gasteiger partial charge in [0.15, 0.2) is 0 Å². The molecule has 0 spiro atoms. The number of rotatable bonds is 0. The van der Waals surface area contributed by atoms with E-state index in [1.54, 1.807) is 28.2 Å². The van der Waals surface area contributed by atoms with Crippen molar-refractivity contribution in [2.45, 2.75) is 61.9 Å². The molecule has 0 aliphatic heterocycles. The molecule has 0 bridgehead atoms. The maximum absolute atomic E-state index is 5.00. The van der Waals surface area contributed by atoms with E-state index in [1.807, 2.05) is 0 Å². The van der Waals surface area contributed by atoms with Gasteiger partial charge in [0, 0.05) is 0 Å². The Hall–Kier alpha value is 2.02. The van der Waals surface area contributed by atoms with Crippen molar-refractivity contribution in [1.82, 2.24) is 0 Å². The molecule has 0 radical (unpaired) electrons. The monoisotopic (exact) mass is 436 g/mol. The molecule has 2 fully saturated rings. The third-order valence-corrected chi connectivity index (χ3v) is 3.55. The average molecular weight is 438 g/mol. The summed E-state index contributed by atoms with van der Waals surface area (Å²) in [7, 11) is 7.00. The number of hydrogen-bond acceptors (Lipinski definition) is 2. The second-order valence-electron chi connectivity index (χ2n) is 4.71. The van der Waals surface area contributed by atoms with Crippen molar-refractivity contribution >= 4 is 25.3 Å². The average Bonchev–Trinajstić information content (AvgIpc) is 2.95. The number of hydrogen-bond donors (Lipinski definition) is 0. The third-order valence-electron chi connectivity index (χ3n) is 2.60. The quantitative estimate of drug-likeness (QED) is 0.420. The molecule has 20 heavy (non-hydrogen) atoms. The normalized spacial score (nSPS) is 17.1. The van der Waals surface area contributed by atoms with Gasteiger partial charge in [-0.25, -0.2) is 0 Å². The zero-order valence-electron chi connectivity index (χ0n) is 13.4. The minimum atomic E-state index is 0. The van der Waals surface area contributed by atoms with Gasteiger partial charge in [-0.05, 0) is 0 Å². The van der Waals surface area contributed by atoms with Gasteiger partial charge < -0.3 is 35.9 Å². The fraction of sp³-hybridized carbons (Fsp3) is 1.00. The van der Waals surface area contributed by atoms with Crippen molar-refractivity contribution in [1.29, 1.82) is 0 Å². The summed E-state index contributed by atoms with van der Waals surface area (Å²) >= 11 is 10.0. The minimum Gasteiger partial charge on any atom is -0.789 e. The summed E-state index contributed by atoms with van der Waals surface area (Å²) in [5.74, 6) is 0. The molecule has 6 heteroatoms. The molecule has 0 saturated heterocycles. The van der Waals surface area contributed by atoms with Gasteiger partial charge in [-0.3, -0.25) is 0 Å². The van der Waals surface area contributed by atoms with Crippen LogP contribution >= 0.6 is 0 Å². The molecule has 0 aromatic heterocycles. The van der Waals surface area contributed by atoms with Crippen LogP contribution in [0, 0.1) is 0 Å². The first kappa shape index (κ1) is 30.0. The first-order valence-electron chi connectivity index (χ1n) is 6.89. The molecular formula is C14H30FeN2S2Zr+2. The summed E-state index contributed by atoms with van der Waals surface area (Å²) in [5, 5.41) is 8.26. The molecule has 2 aliphatic carbocycles. The first-order chi connectivity index (χ1) is 8.62. The van der Waals surface area contributed by atoms with Crippen LogP contribution in [-0.2, 0) is 68.5 Å². The van der Waals surface area contributed by atoms with E-state index in [9.17, 15) is 0 Å². The van der Waals surface area contributed by atoms with Crippen LogP contribution in [0.2, 0.25) is 0 Å². The summed E-state index contributed by atoms with van der Waals surface area (Å²) in [6.45, 7) is 0. The summed E-state index contributed by atoms with van der Waals surface area (Å²) in [6.07, 6.45) is 10.7. The van der Waals surface area contributed by atoms with E-state index in [4.69, 9.17) is 25.3 Å². The van der Waals surface area contributed by atoms with Crippen LogP contribution in [0.15, 0.2) is 0 Å². The van der Waals surface area contributed by atoms with Crippen LogP contribution in [0.1, 0.15) is 51.4 Å². The van der Waals surface area contributed by atoms with Gasteiger partial charge in [0.1, 0.15) is 0 Å². The first-order valence-corrected chi connectivity index (χ1v) is 7.84. The van der Waals surface area contributed by atoms with Gasteiger partial charge in [-0.15, -0.1) is 0 Å². The van der Waals surface area contributed by atoms with E-state index >= 15 is 0 Å². The molecular weight excluding hydrogens is 407 g/mol. The van der Waals surface area contributed by atoms with Crippen molar-refractivity contribution in [3.8, 4) is 0 Å². The molecule has 2 aliphatic rings. The van der Waals surface area contributed by atoms with Crippen LogP contribution in [0.4, 0.5) is 0 Å². The Kier molecular flexibility index (Phi) is 38.9. The fourth-order valence-electron chi connectivity index (χ4n) is 1.78. The molecule has 0 aromatic carbocycles. The van der Waals surface area contributed by atoms with Crippen LogP contribution in [0.3, 0.4) is 0 Å². The third kappa shape index (κ3) is 28.2. The minimum absolute atomic E-state index is 0. The maximum Gasteiger partial charge on any atom is 4.00 e. The van der Waals surface area contributed by atoms with Crippen LogP contribution in [0.25, 0.3) is 10.6 Å². The smallest absolute Gasteiger partial charge is 0.789 e. The van der Waals surface area contributed by atoms with Crippen molar-refractivity contribution < 1.29 is 43.3 Å². The molecule has 0 heterocycles. The van der Waals surface area contributed by atoms with Crippen LogP contribution in [0.5, 0.6) is 0 Å². The summed E-state index contributed by atoms with van der Waals surface area (Å²) in [4.78, 5) is 0. The molecule has 2 rings (SSSR count). The van der Waals surface area contributed by atoms with E-state index < -0.39 is 0 Å². The molecule has 118 valence electrons. The Bertz CT molecular complexity index is 129. The SMILES string of the molecule is C[N-]C.C[N-]C.[Fe+2].[S-]C1CCCC1.[S-]C1CCCC1.[Zr+4]. The Morgan fingerprint density at radius 1 is 0.650 bits per heavy atom. The van der Waals surface area contributed by atoms with Gasteiger partial charge in [0.2, 0.25) is 0 Å². The largest absolute Gasteiger partial charge is 4.00 e.